The molecular formula is C104H123Br2ClFI5N16O10. The van der Waals surface area contributed by atoms with Crippen molar-refractivity contribution >= 4 is 243 Å². The molecule has 2 aliphatic heterocycles. The molecule has 2 fully saturated rings. The van der Waals surface area contributed by atoms with E-state index in [9.17, 15) is 28.4 Å². The average Bonchev–Trinajstić information content (AvgIpc) is 0.916. The van der Waals surface area contributed by atoms with Gasteiger partial charge in [0.15, 0.2) is 0 Å². The normalized spacial score (nSPS) is 12.4. The molecule has 0 saturated carbocycles. The third kappa shape index (κ3) is 39.6. The maximum absolute atomic E-state index is 13.7. The molecule has 0 atom stereocenters. The molecule has 1 aromatic heterocycles. The number of aliphatic hydroxyl groups is 5. The molecule has 0 spiro atoms. The molecule has 5 amide bonds. The Morgan fingerprint density at radius 3 is 1.18 bits per heavy atom. The lowest BCUT2D eigenvalue weighted by Gasteiger charge is -2.34. The largest absolute Gasteiger partial charge is 0.395 e. The molecule has 0 radical (unpaired) electrons. The van der Waals surface area contributed by atoms with Crippen LogP contribution in [-0.2, 0) is 13.0 Å². The summed E-state index contributed by atoms with van der Waals surface area (Å²) in [6, 6.07) is 62.6. The number of hydrogen-bond acceptors (Lipinski definition) is 21. The molecule has 3 heterocycles. The average molecular weight is 2610 g/mol. The highest BCUT2D eigenvalue weighted by Crippen LogP contribution is 2.34. The van der Waals surface area contributed by atoms with Crippen LogP contribution in [0.15, 0.2) is 222 Å². The van der Waals surface area contributed by atoms with Crippen molar-refractivity contribution in [2.24, 2.45) is 0 Å². The Hall–Kier alpha value is -7.87. The van der Waals surface area contributed by atoms with E-state index in [1.165, 1.54) is 37.7 Å². The number of aryl methyl sites for hydroxylation is 5. The van der Waals surface area contributed by atoms with E-state index in [2.05, 4.69) is 274 Å². The summed E-state index contributed by atoms with van der Waals surface area (Å²) in [5.74, 6) is -1.30. The molecule has 26 nitrogen and oxygen atoms in total. The smallest absolute Gasteiger partial charge is 0.253 e. The fraction of sp³-hybridized carbons (Fsp3) is 0.327. The van der Waals surface area contributed by atoms with E-state index in [-0.39, 0.29) is 68.1 Å². The zero-order valence-corrected chi connectivity index (χ0v) is 93.3. The zero-order chi connectivity index (χ0) is 100. The number of piperazine rings is 1. The lowest BCUT2D eigenvalue weighted by atomic mass is 10.1. The third-order valence-corrected chi connectivity index (χ3v) is 27.2. The third-order valence-electron chi connectivity index (χ3n) is 22.6. The quantitative estimate of drug-likeness (QED) is 0.0125. The van der Waals surface area contributed by atoms with E-state index in [4.69, 9.17) is 37.1 Å². The van der Waals surface area contributed by atoms with Gasteiger partial charge in [0.2, 0.25) is 0 Å². The van der Waals surface area contributed by atoms with Crippen LogP contribution in [0.3, 0.4) is 0 Å². The van der Waals surface area contributed by atoms with Crippen molar-refractivity contribution in [1.82, 2.24) is 56.1 Å². The van der Waals surface area contributed by atoms with Gasteiger partial charge in [0.25, 0.3) is 29.5 Å². The van der Waals surface area contributed by atoms with Crippen LogP contribution < -0.4 is 53.2 Å². The Bertz CT molecular complexity index is 5660. The van der Waals surface area contributed by atoms with Gasteiger partial charge in [-0.25, -0.2) is 4.39 Å². The number of halogens is 9. The topological polar surface area (TPSA) is 336 Å². The number of carbonyl (C=O) groups is 5. The van der Waals surface area contributed by atoms with Gasteiger partial charge in [-0.2, -0.15) is 0 Å². The molecule has 10 aromatic carbocycles. The predicted molar refractivity (Wildman–Crippen MR) is 609 cm³/mol. The summed E-state index contributed by atoms with van der Waals surface area (Å²) in [6.45, 7) is 24.9. The van der Waals surface area contributed by atoms with Crippen molar-refractivity contribution in [2.75, 3.05) is 184 Å². The number of nitrogens with one attached hydrogen (secondary N) is 10. The number of carbonyl (C=O) groups excluding carboxylic acids is 5. The van der Waals surface area contributed by atoms with Gasteiger partial charge in [0.1, 0.15) is 5.82 Å². The first-order valence-corrected chi connectivity index (χ1v) is 53.3. The predicted octanol–water partition coefficient (Wildman–Crippen LogP) is 19.2. The first-order valence-electron chi connectivity index (χ1n) is 46.0. The number of anilines is 10. The monoisotopic (exact) mass is 2600 g/mol. The van der Waals surface area contributed by atoms with Gasteiger partial charge in [-0.15, -0.1) is 0 Å². The molecule has 35 heteroatoms. The number of aromatic nitrogens is 1. The van der Waals surface area contributed by atoms with E-state index < -0.39 is 5.82 Å². The maximum Gasteiger partial charge on any atom is 0.253 e. The van der Waals surface area contributed by atoms with Crippen LogP contribution in [-0.4, -0.2) is 242 Å². The molecular weight excluding hydrogens is 2480 g/mol. The summed E-state index contributed by atoms with van der Waals surface area (Å²) in [5.41, 5.74) is 17.5. The van der Waals surface area contributed by atoms with Gasteiger partial charge in [-0.3, -0.25) is 43.7 Å². The Balaban J connectivity index is 0.000000194. The van der Waals surface area contributed by atoms with E-state index in [1.54, 1.807) is 42.7 Å². The minimum atomic E-state index is -0.455. The first kappa shape index (κ1) is 115. The van der Waals surface area contributed by atoms with Gasteiger partial charge in [-0.05, 0) is 407 Å². The minimum absolute atomic E-state index is 0.00563. The second-order valence-electron chi connectivity index (χ2n) is 32.9. The second kappa shape index (κ2) is 62.0. The van der Waals surface area contributed by atoms with Crippen LogP contribution in [0.5, 0.6) is 0 Å². The number of nitrogens with zero attached hydrogens (tertiary/aromatic N) is 6. The molecule has 11 aromatic rings. The van der Waals surface area contributed by atoms with Crippen molar-refractivity contribution in [1.29, 1.82) is 0 Å². The molecule has 13 rings (SSSR count). The van der Waals surface area contributed by atoms with Crippen molar-refractivity contribution in [3.05, 3.63) is 311 Å². The fourth-order valence-electron chi connectivity index (χ4n) is 15.1. The highest BCUT2D eigenvalue weighted by atomic mass is 127. The van der Waals surface area contributed by atoms with Crippen molar-refractivity contribution in [3.8, 4) is 0 Å². The van der Waals surface area contributed by atoms with Gasteiger partial charge >= 0.3 is 0 Å². The van der Waals surface area contributed by atoms with Gasteiger partial charge < -0.3 is 88.5 Å². The van der Waals surface area contributed by atoms with Crippen LogP contribution in [0.1, 0.15) is 111 Å². The summed E-state index contributed by atoms with van der Waals surface area (Å²) in [5, 5.41) is 77.3. The molecule has 15 N–H and O–H groups in total. The van der Waals surface area contributed by atoms with Gasteiger partial charge in [-0.1, -0.05) is 62.5 Å². The zero-order valence-electron chi connectivity index (χ0n) is 78.6. The molecule has 0 aliphatic carbocycles. The van der Waals surface area contributed by atoms with E-state index in [0.29, 0.717) is 111 Å². The Kier molecular flexibility index (Phi) is 51.1. The summed E-state index contributed by atoms with van der Waals surface area (Å²) in [7, 11) is 0. The number of para-hydroxylation sites is 1. The molecule has 0 bridgehead atoms. The molecule has 2 saturated heterocycles. The summed E-state index contributed by atoms with van der Waals surface area (Å²) in [4.78, 5) is 78.5. The Morgan fingerprint density at radius 2 is 0.734 bits per heavy atom. The molecule has 2 aliphatic rings. The first-order chi connectivity index (χ1) is 67.0. The van der Waals surface area contributed by atoms with Gasteiger partial charge in [0.05, 0.1) is 89.3 Å². The summed E-state index contributed by atoms with van der Waals surface area (Å²) in [6.07, 6.45) is 7.73. The fourth-order valence-corrected chi connectivity index (χ4v) is 19.1. The Labute approximate surface area is 905 Å². The molecule has 139 heavy (non-hydrogen) atoms. The minimum Gasteiger partial charge on any atom is -0.395 e. The van der Waals surface area contributed by atoms with Gasteiger partial charge in [0, 0.05) is 184 Å². The van der Waals surface area contributed by atoms with Crippen LogP contribution in [0, 0.1) is 51.4 Å². The summed E-state index contributed by atoms with van der Waals surface area (Å²) < 4.78 is 21.3. The maximum atomic E-state index is 13.7. The molecule has 742 valence electrons. The highest BCUT2D eigenvalue weighted by Gasteiger charge is 2.23. The van der Waals surface area contributed by atoms with E-state index >= 15 is 0 Å². The number of pyridine rings is 1. The number of benzene rings is 10. The Morgan fingerprint density at radius 1 is 0.374 bits per heavy atom. The number of amides is 5. The van der Waals surface area contributed by atoms with Crippen molar-refractivity contribution in [2.45, 2.75) is 66.8 Å². The number of rotatable bonds is 41. The van der Waals surface area contributed by atoms with E-state index in [0.717, 1.165) is 165 Å². The lowest BCUT2D eigenvalue weighted by Crippen LogP contribution is -2.47. The SMILES string of the molecule is CCc1cc(I)ccc1Nc1ccc(Br)cc1C(=O)NCCN1CCCC1.Cc1cc(I)ccc1Nc1ccc(Br)cc1C(=O)NCCN(CCO)CCO.Cc1cc(I)ccc1Nc1ccc(Cl)cc1C(=O)NCCN(CCO)CCO.Cc1cc(I)ccc1Nc1ccc(F)cc1C(=O)NCc1ccncc1.Cc1cc(I)ccc1Nc1ccccc1C(=O)NCCCN1CCN(CCO)CC1. The lowest BCUT2D eigenvalue weighted by molar-refractivity contribution is 0.0936. The van der Waals surface area contributed by atoms with Crippen LogP contribution in [0.4, 0.5) is 61.3 Å². The second-order valence-corrected chi connectivity index (χ2v) is 41.4. The number of likely N-dealkylation sites (tertiary alicyclic amines) is 1. The molecule has 0 unspecified atom stereocenters. The van der Waals surface area contributed by atoms with Crippen LogP contribution in [0.2, 0.25) is 5.02 Å². The van der Waals surface area contributed by atoms with Crippen LogP contribution >= 0.6 is 156 Å². The van der Waals surface area contributed by atoms with E-state index in [1.807, 2.05) is 146 Å². The standard InChI is InChI=1S/C23H31IN4O2.C21H25BrIN3O.C20H25BrIN3O3.C20H25ClIN3O3.C20H17FIN3O/c1-18-17-19(24)7-8-21(18)26-22-6-3-2-5-20(22)23(30)25-9-4-10-27-11-13-28(14-12-27)15-16-29;1-2-15-13-17(23)6-8-19(15)25-20-7-5-16(22)14-18(20)21(27)24-9-12-26-10-3-4-11-26;2*1-14-12-16(22)3-5-18(14)24-19-4-2-15(21)13-17(19)20(28)23-6-7-25(8-10-26)9-11-27;1-13-10-16(22)3-5-18(13)25-19-4-2-15(21)11-17(19)20(26)24-12-14-6-8-23-9-7-14/h2-3,5-8,17,26,29H,4,9-16H2,1H3,(H,25,30);5-8,13-14,25H,2-4,9-12H2,1H3,(H,24,27);2*2-5,12-13,24,26-27H,6-11H2,1H3,(H,23,28);2-11,25H,12H2,1H3,(H,24,26). The highest BCUT2D eigenvalue weighted by molar-refractivity contribution is 14.1. The number of β-amino-alcohol motifs (C(OH)–C–C–N with tert-alkyl or cyclic N) is 1. The number of aliphatic hydroxyl groups excluding tert-OH is 5. The number of hydrogen-bond donors (Lipinski definition) is 15. The van der Waals surface area contributed by atoms with Crippen LogP contribution in [0.25, 0.3) is 0 Å². The summed E-state index contributed by atoms with van der Waals surface area (Å²) >= 11 is 24.4. The van der Waals surface area contributed by atoms with Crippen molar-refractivity contribution < 1.29 is 53.9 Å². The van der Waals surface area contributed by atoms with Crippen molar-refractivity contribution in [3.63, 3.8) is 0 Å².